The molecule has 2 amide bonds. The molecule has 0 aliphatic rings. The summed E-state index contributed by atoms with van der Waals surface area (Å²) in [7, 11) is 3.23. The van der Waals surface area contributed by atoms with E-state index in [4.69, 9.17) is 14.6 Å². The minimum absolute atomic E-state index is 0.0482. The first-order chi connectivity index (χ1) is 17.1. The van der Waals surface area contributed by atoms with Crippen molar-refractivity contribution in [2.45, 2.75) is 85.9 Å². The zero-order chi connectivity index (χ0) is 26.8. The molecule has 0 aliphatic carbocycles. The van der Waals surface area contributed by atoms with Crippen LogP contribution in [0.5, 0.6) is 11.5 Å². The van der Waals surface area contributed by atoms with Crippen LogP contribution in [0.3, 0.4) is 0 Å². The lowest BCUT2D eigenvalue weighted by atomic mass is 10.0. The topological polar surface area (TPSA) is 94.5 Å². The number of carbonyl (C=O) groups is 2. The van der Waals surface area contributed by atoms with Gasteiger partial charge in [0.2, 0.25) is 5.91 Å². The molecule has 2 N–H and O–H groups in total. The van der Waals surface area contributed by atoms with E-state index in [1.807, 2.05) is 36.7 Å². The number of benzene rings is 1. The van der Waals surface area contributed by atoms with Gasteiger partial charge in [-0.1, -0.05) is 46.6 Å². The first-order valence-corrected chi connectivity index (χ1v) is 13.0. The third-order valence-corrected chi connectivity index (χ3v) is 6.26. The maximum atomic E-state index is 13.4. The van der Waals surface area contributed by atoms with Crippen molar-refractivity contribution in [3.8, 4) is 22.8 Å². The number of hydrogen-bond donors (Lipinski definition) is 2. The maximum absolute atomic E-state index is 13.4. The van der Waals surface area contributed by atoms with Crippen LogP contribution in [-0.2, 0) is 11.3 Å². The number of ether oxygens (including phenoxy) is 2. The summed E-state index contributed by atoms with van der Waals surface area (Å²) in [6.45, 7) is 13.0. The molecule has 2 aromatic rings. The van der Waals surface area contributed by atoms with Gasteiger partial charge in [-0.3, -0.25) is 14.3 Å². The molecule has 0 aliphatic heterocycles. The molecule has 0 unspecified atom stereocenters. The molecule has 0 fully saturated rings. The van der Waals surface area contributed by atoms with E-state index in [1.54, 1.807) is 20.3 Å². The van der Waals surface area contributed by atoms with Crippen molar-refractivity contribution >= 4 is 11.8 Å². The summed E-state index contributed by atoms with van der Waals surface area (Å²) in [6, 6.07) is 7.17. The molecule has 0 saturated carbocycles. The van der Waals surface area contributed by atoms with Crippen LogP contribution in [-0.4, -0.2) is 47.9 Å². The van der Waals surface area contributed by atoms with Gasteiger partial charge in [0, 0.05) is 25.0 Å². The lowest BCUT2D eigenvalue weighted by Gasteiger charge is -2.20. The van der Waals surface area contributed by atoms with Gasteiger partial charge in [-0.15, -0.1) is 0 Å². The van der Waals surface area contributed by atoms with E-state index in [2.05, 4.69) is 38.3 Å². The summed E-state index contributed by atoms with van der Waals surface area (Å²) < 4.78 is 13.2. The average molecular weight is 501 g/mol. The van der Waals surface area contributed by atoms with Gasteiger partial charge in [0.25, 0.3) is 5.91 Å². The van der Waals surface area contributed by atoms with E-state index in [-0.39, 0.29) is 30.3 Å². The molecule has 0 saturated heterocycles. The molecule has 1 atom stereocenters. The Bertz CT molecular complexity index is 973. The first kappa shape index (κ1) is 29.2. The first-order valence-electron chi connectivity index (χ1n) is 13.0. The van der Waals surface area contributed by atoms with Gasteiger partial charge in [-0.2, -0.15) is 5.10 Å². The van der Waals surface area contributed by atoms with Gasteiger partial charge < -0.3 is 20.1 Å². The van der Waals surface area contributed by atoms with Crippen molar-refractivity contribution < 1.29 is 19.1 Å². The molecular formula is C28H44N4O4. The summed E-state index contributed by atoms with van der Waals surface area (Å²) in [5, 5.41) is 10.7. The zero-order valence-electron chi connectivity index (χ0n) is 23.2. The minimum atomic E-state index is -0.295. The van der Waals surface area contributed by atoms with Gasteiger partial charge in [-0.25, -0.2) is 0 Å². The highest BCUT2D eigenvalue weighted by molar-refractivity contribution is 5.94. The lowest BCUT2D eigenvalue weighted by Crippen LogP contribution is -2.41. The molecule has 1 aromatic carbocycles. The predicted molar refractivity (Wildman–Crippen MR) is 143 cm³/mol. The van der Waals surface area contributed by atoms with E-state index >= 15 is 0 Å². The second-order valence-corrected chi connectivity index (χ2v) is 10.0. The number of rotatable bonds is 14. The number of carbonyl (C=O) groups excluding carboxylic acids is 2. The standard InChI is InChI=1S/C28H44N4O4/c1-9-20(10-2)17-32-23(27-24(35-7)12-11-13-25(27)36-8)16-22(31-32)28(34)30-21(14-18(3)4)15-26(33)29-19(5)6/h11-13,16,18-21H,9-10,14-15,17H2,1-8H3,(H,29,33)(H,30,34)/t21-/m0/s1. The van der Waals surface area contributed by atoms with Gasteiger partial charge in [0.05, 0.1) is 25.5 Å². The SMILES string of the molecule is CCC(CC)Cn1nc(C(=O)N[C@H](CC(=O)NC(C)C)CC(C)C)cc1-c1c(OC)cccc1OC. The van der Waals surface area contributed by atoms with E-state index in [1.165, 1.54) is 0 Å². The third kappa shape index (κ3) is 8.00. The molecule has 200 valence electrons. The van der Waals surface area contributed by atoms with Crippen LogP contribution in [0.15, 0.2) is 24.3 Å². The fraction of sp³-hybridized carbons (Fsp3) is 0.607. The normalized spacial score (nSPS) is 12.2. The number of nitrogens with one attached hydrogen (secondary N) is 2. The predicted octanol–water partition coefficient (Wildman–Crippen LogP) is 5.06. The second kappa shape index (κ2) is 13.9. The summed E-state index contributed by atoms with van der Waals surface area (Å²) in [6.07, 6.45) is 2.92. The van der Waals surface area contributed by atoms with Crippen molar-refractivity contribution in [3.63, 3.8) is 0 Å². The van der Waals surface area contributed by atoms with Crippen molar-refractivity contribution in [1.29, 1.82) is 0 Å². The molecule has 8 heteroatoms. The van der Waals surface area contributed by atoms with E-state index in [9.17, 15) is 9.59 Å². The summed E-state index contributed by atoms with van der Waals surface area (Å²) in [5.41, 5.74) is 1.83. The fourth-order valence-electron chi connectivity index (χ4n) is 4.39. The molecule has 1 aromatic heterocycles. The fourth-order valence-corrected chi connectivity index (χ4v) is 4.39. The highest BCUT2D eigenvalue weighted by atomic mass is 16.5. The molecule has 0 spiro atoms. The smallest absolute Gasteiger partial charge is 0.272 e. The molecule has 1 heterocycles. The quantitative estimate of drug-likeness (QED) is 0.378. The monoisotopic (exact) mass is 500 g/mol. The number of amides is 2. The Balaban J connectivity index is 2.46. The number of methoxy groups -OCH3 is 2. The van der Waals surface area contributed by atoms with E-state index < -0.39 is 0 Å². The van der Waals surface area contributed by atoms with Crippen LogP contribution < -0.4 is 20.1 Å². The minimum Gasteiger partial charge on any atom is -0.496 e. The Hall–Kier alpha value is -3.03. The average Bonchev–Trinajstić information content (AvgIpc) is 3.24. The summed E-state index contributed by atoms with van der Waals surface area (Å²) in [4.78, 5) is 25.8. The highest BCUT2D eigenvalue weighted by Gasteiger charge is 2.25. The Morgan fingerprint density at radius 1 is 1.00 bits per heavy atom. The van der Waals surface area contributed by atoms with Crippen molar-refractivity contribution in [2.24, 2.45) is 11.8 Å². The number of hydrogen-bond acceptors (Lipinski definition) is 5. The summed E-state index contributed by atoms with van der Waals surface area (Å²) >= 11 is 0. The molecular weight excluding hydrogens is 456 g/mol. The van der Waals surface area contributed by atoms with Crippen molar-refractivity contribution in [3.05, 3.63) is 30.0 Å². The Morgan fingerprint density at radius 3 is 2.11 bits per heavy atom. The molecule has 2 rings (SSSR count). The van der Waals surface area contributed by atoms with E-state index in [0.29, 0.717) is 42.0 Å². The lowest BCUT2D eigenvalue weighted by molar-refractivity contribution is -0.122. The maximum Gasteiger partial charge on any atom is 0.272 e. The van der Waals surface area contributed by atoms with Gasteiger partial charge in [0.15, 0.2) is 5.69 Å². The molecule has 8 nitrogen and oxygen atoms in total. The van der Waals surface area contributed by atoms with Gasteiger partial charge in [-0.05, 0) is 50.3 Å². The third-order valence-electron chi connectivity index (χ3n) is 6.26. The van der Waals surface area contributed by atoms with E-state index in [0.717, 1.165) is 24.1 Å². The number of aromatic nitrogens is 2. The van der Waals surface area contributed by atoms with Crippen LogP contribution in [0.2, 0.25) is 0 Å². The van der Waals surface area contributed by atoms with Crippen LogP contribution >= 0.6 is 0 Å². The number of nitrogens with zero attached hydrogens (tertiary/aromatic N) is 2. The van der Waals surface area contributed by atoms with Crippen LogP contribution in [0.1, 0.15) is 77.7 Å². The molecule has 0 radical (unpaired) electrons. The zero-order valence-corrected chi connectivity index (χ0v) is 23.2. The van der Waals surface area contributed by atoms with Gasteiger partial charge in [0.1, 0.15) is 11.5 Å². The van der Waals surface area contributed by atoms with Crippen LogP contribution in [0.4, 0.5) is 0 Å². The Labute approximate surface area is 216 Å². The van der Waals surface area contributed by atoms with Gasteiger partial charge >= 0.3 is 0 Å². The molecule has 0 bridgehead atoms. The second-order valence-electron chi connectivity index (χ2n) is 10.0. The van der Waals surface area contributed by atoms with Crippen molar-refractivity contribution in [2.75, 3.05) is 14.2 Å². The Kier molecular flexibility index (Phi) is 11.3. The van der Waals surface area contributed by atoms with Crippen LogP contribution in [0.25, 0.3) is 11.3 Å². The van der Waals surface area contributed by atoms with Crippen molar-refractivity contribution in [1.82, 2.24) is 20.4 Å². The van der Waals surface area contributed by atoms with Crippen LogP contribution in [0, 0.1) is 11.8 Å². The summed E-state index contributed by atoms with van der Waals surface area (Å²) in [5.74, 6) is 1.66. The Morgan fingerprint density at radius 2 is 1.61 bits per heavy atom. The largest absolute Gasteiger partial charge is 0.496 e. The molecule has 36 heavy (non-hydrogen) atoms. The highest BCUT2D eigenvalue weighted by Crippen LogP contribution is 2.39.